The Labute approximate surface area is 327 Å². The molecular weight excluding hydrogens is 703 g/mol. The van der Waals surface area contributed by atoms with Crippen LogP contribution in [0.4, 0.5) is 0 Å². The van der Waals surface area contributed by atoms with Crippen molar-refractivity contribution in [3.8, 4) is 67.3 Å². The van der Waals surface area contributed by atoms with Gasteiger partial charge in [0.1, 0.15) is 11.2 Å². The first kappa shape index (κ1) is 32.2. The van der Waals surface area contributed by atoms with Crippen LogP contribution >= 0.6 is 11.3 Å². The predicted octanol–water partition coefficient (Wildman–Crippen LogP) is 14.1. The van der Waals surface area contributed by atoms with Crippen LogP contribution in [0.25, 0.3) is 109 Å². The molecular formula is C51H31N3OS. The lowest BCUT2D eigenvalue weighted by Crippen LogP contribution is -1.97. The molecule has 11 rings (SSSR count). The zero-order chi connectivity index (χ0) is 37.0. The summed E-state index contributed by atoms with van der Waals surface area (Å²) in [5.74, 6) is 0.680. The Bertz CT molecular complexity index is 3240. The summed E-state index contributed by atoms with van der Waals surface area (Å²) in [4.78, 5) is 14.6. The van der Waals surface area contributed by atoms with Crippen molar-refractivity contribution < 1.29 is 4.42 Å². The molecule has 0 aliphatic carbocycles. The van der Waals surface area contributed by atoms with Crippen LogP contribution in [0.2, 0.25) is 0 Å². The molecule has 56 heavy (non-hydrogen) atoms. The number of thiophene rings is 1. The van der Waals surface area contributed by atoms with Gasteiger partial charge in [-0.2, -0.15) is 0 Å². The number of benzene rings is 7. The molecule has 0 aliphatic heterocycles. The monoisotopic (exact) mass is 733 g/mol. The topological polar surface area (TPSA) is 51.8 Å². The largest absolute Gasteiger partial charge is 0.455 e. The van der Waals surface area contributed by atoms with E-state index in [1.807, 2.05) is 47.9 Å². The summed E-state index contributed by atoms with van der Waals surface area (Å²) < 4.78 is 9.28. The molecule has 0 bridgehead atoms. The molecule has 0 atom stereocenters. The normalized spacial score (nSPS) is 11.6. The van der Waals surface area contributed by atoms with E-state index in [2.05, 4.69) is 151 Å². The molecule has 0 saturated carbocycles. The second kappa shape index (κ2) is 13.3. The number of rotatable bonds is 6. The highest BCUT2D eigenvalue weighted by molar-refractivity contribution is 7.25. The first-order valence-electron chi connectivity index (χ1n) is 18.7. The summed E-state index contributed by atoms with van der Waals surface area (Å²) in [6.07, 6.45) is 3.70. The molecule has 262 valence electrons. The molecule has 0 amide bonds. The average molecular weight is 734 g/mol. The Morgan fingerprint density at radius 2 is 1.09 bits per heavy atom. The second-order valence-electron chi connectivity index (χ2n) is 14.0. The number of hydrogen-bond acceptors (Lipinski definition) is 5. The summed E-state index contributed by atoms with van der Waals surface area (Å²) in [6.45, 7) is 0. The van der Waals surface area contributed by atoms with Gasteiger partial charge in [-0.15, -0.1) is 11.3 Å². The van der Waals surface area contributed by atoms with Crippen LogP contribution in [0.3, 0.4) is 0 Å². The lowest BCUT2D eigenvalue weighted by atomic mass is 9.93. The van der Waals surface area contributed by atoms with Gasteiger partial charge in [-0.1, -0.05) is 140 Å². The van der Waals surface area contributed by atoms with Crippen LogP contribution in [-0.2, 0) is 0 Å². The zero-order valence-electron chi connectivity index (χ0n) is 30.1. The third-order valence-electron chi connectivity index (χ3n) is 10.6. The third kappa shape index (κ3) is 5.48. The average Bonchev–Trinajstić information content (AvgIpc) is 3.85. The number of pyridine rings is 1. The Morgan fingerprint density at radius 1 is 0.411 bits per heavy atom. The molecule has 11 aromatic rings. The highest BCUT2D eigenvalue weighted by atomic mass is 32.1. The molecule has 0 N–H and O–H groups in total. The van der Waals surface area contributed by atoms with Gasteiger partial charge < -0.3 is 4.42 Å². The van der Waals surface area contributed by atoms with Crippen LogP contribution < -0.4 is 0 Å². The summed E-state index contributed by atoms with van der Waals surface area (Å²) in [5.41, 5.74) is 13.1. The Kier molecular flexibility index (Phi) is 7.64. The second-order valence-corrected chi connectivity index (χ2v) is 15.0. The van der Waals surface area contributed by atoms with Crippen molar-refractivity contribution >= 4 is 53.4 Å². The molecule has 0 radical (unpaired) electrons. The van der Waals surface area contributed by atoms with Gasteiger partial charge in [0.15, 0.2) is 5.82 Å². The highest BCUT2D eigenvalue weighted by Gasteiger charge is 2.19. The number of nitrogens with zero attached hydrogens (tertiary/aromatic N) is 3. The fourth-order valence-electron chi connectivity index (χ4n) is 7.94. The molecule has 4 aromatic heterocycles. The fraction of sp³-hybridized carbons (Fsp3) is 0. The maximum Gasteiger partial charge on any atom is 0.160 e. The summed E-state index contributed by atoms with van der Waals surface area (Å²) in [7, 11) is 0. The highest BCUT2D eigenvalue weighted by Crippen LogP contribution is 2.44. The minimum Gasteiger partial charge on any atom is -0.455 e. The van der Waals surface area contributed by atoms with Gasteiger partial charge in [0.2, 0.25) is 0 Å². The molecule has 0 spiro atoms. The van der Waals surface area contributed by atoms with Gasteiger partial charge in [0.05, 0.1) is 11.4 Å². The van der Waals surface area contributed by atoms with E-state index in [0.717, 1.165) is 83.4 Å². The maximum absolute atomic E-state index is 6.70. The summed E-state index contributed by atoms with van der Waals surface area (Å²) in [6, 6.07) is 61.7. The minimum atomic E-state index is 0.680. The Hall–Kier alpha value is -7.21. The first-order valence-corrected chi connectivity index (χ1v) is 19.5. The lowest BCUT2D eigenvalue weighted by molar-refractivity contribution is 0.670. The lowest BCUT2D eigenvalue weighted by Gasteiger charge is -2.13. The number of furan rings is 1. The van der Waals surface area contributed by atoms with E-state index in [1.165, 1.54) is 20.2 Å². The molecule has 0 saturated heterocycles. The van der Waals surface area contributed by atoms with Crippen LogP contribution in [0.15, 0.2) is 193 Å². The minimum absolute atomic E-state index is 0.680. The van der Waals surface area contributed by atoms with E-state index in [4.69, 9.17) is 14.4 Å². The van der Waals surface area contributed by atoms with E-state index in [-0.39, 0.29) is 0 Å². The summed E-state index contributed by atoms with van der Waals surface area (Å²) >= 11 is 1.84. The predicted molar refractivity (Wildman–Crippen MR) is 233 cm³/mol. The van der Waals surface area contributed by atoms with Gasteiger partial charge in [-0.25, -0.2) is 9.97 Å². The van der Waals surface area contributed by atoms with Gasteiger partial charge >= 0.3 is 0 Å². The molecule has 0 fully saturated rings. The van der Waals surface area contributed by atoms with Crippen molar-refractivity contribution in [1.29, 1.82) is 0 Å². The van der Waals surface area contributed by atoms with Crippen LogP contribution in [0.1, 0.15) is 0 Å². The van der Waals surface area contributed by atoms with E-state index in [1.54, 1.807) is 6.20 Å². The van der Waals surface area contributed by atoms with Crippen LogP contribution in [0, 0.1) is 0 Å². The van der Waals surface area contributed by atoms with Crippen molar-refractivity contribution in [1.82, 2.24) is 15.0 Å². The Balaban J connectivity index is 1.03. The quantitative estimate of drug-likeness (QED) is 0.171. The van der Waals surface area contributed by atoms with Crippen molar-refractivity contribution in [2.45, 2.75) is 0 Å². The van der Waals surface area contributed by atoms with Crippen LogP contribution in [0.5, 0.6) is 0 Å². The molecule has 5 heteroatoms. The standard InChI is InChI=1S/C51H31N3OS/c1-2-11-34(12-3-1)51-53-44(30-45(54-51)40-15-5-4-14-37(40)36-13-10-28-52-31-36)33-22-20-32(21-23-33)38-26-27-39(50-49(38)43-17-6-8-18-46(43)55-50)35-24-25-42-41-16-7-9-19-47(41)56-48(42)29-35/h1-31H. The van der Waals surface area contributed by atoms with E-state index in [9.17, 15) is 0 Å². The molecule has 0 unspecified atom stereocenters. The van der Waals surface area contributed by atoms with Crippen molar-refractivity contribution in [3.05, 3.63) is 188 Å². The number of aromatic nitrogens is 3. The van der Waals surface area contributed by atoms with Crippen molar-refractivity contribution in [3.63, 3.8) is 0 Å². The Morgan fingerprint density at radius 3 is 1.95 bits per heavy atom. The number of fused-ring (bicyclic) bond motifs is 6. The van der Waals surface area contributed by atoms with Crippen molar-refractivity contribution in [2.24, 2.45) is 0 Å². The van der Waals surface area contributed by atoms with E-state index >= 15 is 0 Å². The molecule has 0 aliphatic rings. The molecule has 4 heterocycles. The smallest absolute Gasteiger partial charge is 0.160 e. The van der Waals surface area contributed by atoms with Crippen molar-refractivity contribution in [2.75, 3.05) is 0 Å². The number of para-hydroxylation sites is 1. The first-order chi connectivity index (χ1) is 27.7. The zero-order valence-corrected chi connectivity index (χ0v) is 30.9. The van der Waals surface area contributed by atoms with Gasteiger partial charge in [0.25, 0.3) is 0 Å². The summed E-state index contributed by atoms with van der Waals surface area (Å²) in [5, 5.41) is 4.81. The van der Waals surface area contributed by atoms with Gasteiger partial charge in [0, 0.05) is 71.2 Å². The maximum atomic E-state index is 6.70. The fourth-order valence-corrected chi connectivity index (χ4v) is 9.09. The molecule has 4 nitrogen and oxygen atoms in total. The van der Waals surface area contributed by atoms with Crippen LogP contribution in [-0.4, -0.2) is 15.0 Å². The molecule has 7 aromatic carbocycles. The van der Waals surface area contributed by atoms with E-state index in [0.29, 0.717) is 5.82 Å². The van der Waals surface area contributed by atoms with E-state index < -0.39 is 0 Å². The SMILES string of the molecule is c1ccc(-c2nc(-c3ccc(-c4ccc(-c5ccc6c(c5)sc5ccccc56)c5oc6ccccc6c45)cc3)cc(-c3ccccc3-c3cccnc3)n2)cc1. The third-order valence-corrected chi connectivity index (χ3v) is 11.8. The van der Waals surface area contributed by atoms with Gasteiger partial charge in [-0.05, 0) is 58.7 Å². The number of hydrogen-bond donors (Lipinski definition) is 0. The van der Waals surface area contributed by atoms with Gasteiger partial charge in [-0.3, -0.25) is 4.98 Å².